The number of hydrogen-bond donors (Lipinski definition) is 1. The topological polar surface area (TPSA) is 57.9 Å². The van der Waals surface area contributed by atoms with Crippen molar-refractivity contribution in [2.45, 2.75) is 6.18 Å². The molecule has 1 aliphatic heterocycles. The van der Waals surface area contributed by atoms with Crippen molar-refractivity contribution in [3.8, 4) is 16.9 Å². The van der Waals surface area contributed by atoms with E-state index in [0.717, 1.165) is 49.7 Å². The number of halogens is 3. The second-order valence-corrected chi connectivity index (χ2v) is 8.50. The fourth-order valence-corrected chi connectivity index (χ4v) is 4.21. The Bertz CT molecular complexity index is 1330. The Labute approximate surface area is 202 Å². The number of anilines is 3. The summed E-state index contributed by atoms with van der Waals surface area (Å²) >= 11 is 0. The molecule has 0 spiro atoms. The first kappa shape index (κ1) is 23.0. The normalized spacial score (nSPS) is 14.9. The lowest BCUT2D eigenvalue weighted by Crippen LogP contribution is -2.44. The van der Waals surface area contributed by atoms with Crippen molar-refractivity contribution in [1.82, 2.24) is 19.5 Å². The van der Waals surface area contributed by atoms with Crippen molar-refractivity contribution >= 4 is 23.0 Å². The molecule has 0 atom stereocenters. The molecule has 10 heteroatoms. The van der Waals surface area contributed by atoms with Crippen LogP contribution in [-0.2, 0) is 6.18 Å². The first-order valence-corrected chi connectivity index (χ1v) is 11.2. The first-order chi connectivity index (χ1) is 16.8. The van der Waals surface area contributed by atoms with Crippen LogP contribution in [0.15, 0.2) is 60.8 Å². The van der Waals surface area contributed by atoms with Crippen LogP contribution in [0.3, 0.4) is 0 Å². The summed E-state index contributed by atoms with van der Waals surface area (Å²) in [5, 5.41) is 7.65. The van der Waals surface area contributed by atoms with Gasteiger partial charge < -0.3 is 19.9 Å². The average Bonchev–Trinajstić information content (AvgIpc) is 3.26. The van der Waals surface area contributed by atoms with Gasteiger partial charge in [-0.15, -0.1) is 5.10 Å². The number of ether oxygens (including phenoxy) is 1. The smallest absolute Gasteiger partial charge is 0.416 e. The van der Waals surface area contributed by atoms with E-state index in [0.29, 0.717) is 28.5 Å². The minimum atomic E-state index is -4.47. The summed E-state index contributed by atoms with van der Waals surface area (Å²) in [5.74, 6) is 0.666. The maximum atomic E-state index is 13.4. The number of alkyl halides is 3. The van der Waals surface area contributed by atoms with Gasteiger partial charge in [0.15, 0.2) is 5.65 Å². The Kier molecular flexibility index (Phi) is 5.98. The van der Waals surface area contributed by atoms with Crippen molar-refractivity contribution in [3.63, 3.8) is 0 Å². The van der Waals surface area contributed by atoms with Gasteiger partial charge in [-0.05, 0) is 61.6 Å². The lowest BCUT2D eigenvalue weighted by molar-refractivity contribution is -0.137. The Hall–Kier alpha value is -3.79. The summed E-state index contributed by atoms with van der Waals surface area (Å²) < 4.78 is 46.9. The highest BCUT2D eigenvalue weighted by molar-refractivity contribution is 5.82. The van der Waals surface area contributed by atoms with Crippen molar-refractivity contribution in [2.24, 2.45) is 0 Å². The van der Waals surface area contributed by atoms with E-state index < -0.39 is 11.7 Å². The van der Waals surface area contributed by atoms with E-state index in [1.165, 1.54) is 17.7 Å². The van der Waals surface area contributed by atoms with Crippen LogP contribution >= 0.6 is 0 Å². The summed E-state index contributed by atoms with van der Waals surface area (Å²) in [4.78, 5) is 9.22. The van der Waals surface area contributed by atoms with E-state index in [1.807, 2.05) is 12.1 Å². The average molecular weight is 485 g/mol. The molecule has 3 heterocycles. The predicted molar refractivity (Wildman–Crippen MR) is 132 cm³/mol. The van der Waals surface area contributed by atoms with Crippen LogP contribution in [0.1, 0.15) is 6.99 Å². The fourth-order valence-electron chi connectivity index (χ4n) is 4.21. The van der Waals surface area contributed by atoms with E-state index in [1.54, 1.807) is 18.3 Å². The Morgan fingerprint density at radius 1 is 0.971 bits per heavy atom. The molecular weight excluding hydrogens is 457 g/mol. The quantitative estimate of drug-likeness (QED) is 0.422. The van der Waals surface area contributed by atoms with Crippen molar-refractivity contribution < 1.29 is 19.3 Å². The molecule has 35 heavy (non-hydrogen) atoms. The number of nitrogens with zero attached hydrogens (tertiary/aromatic N) is 5. The summed E-state index contributed by atoms with van der Waals surface area (Å²) in [7, 11) is 3.55. The molecule has 2 aromatic carbocycles. The number of benzene rings is 2. The third-order valence-electron chi connectivity index (χ3n) is 6.17. The van der Waals surface area contributed by atoms with Gasteiger partial charge in [-0.1, -0.05) is 0 Å². The number of pyridine rings is 1. The summed E-state index contributed by atoms with van der Waals surface area (Å²) in [5.41, 5.74) is 2.42. The van der Waals surface area contributed by atoms with Gasteiger partial charge in [0.1, 0.15) is 5.75 Å². The molecule has 0 aliphatic carbocycles. The number of aromatic nitrogens is 3. The van der Waals surface area contributed by atoms with Crippen LogP contribution in [0.2, 0.25) is 0 Å². The van der Waals surface area contributed by atoms with Gasteiger partial charge in [-0.25, -0.2) is 4.52 Å². The molecule has 1 N–H and O–H groups in total. The number of likely N-dealkylation sites (N-methyl/N-ethyl adjacent to an activating group) is 1. The highest BCUT2D eigenvalue weighted by Crippen LogP contribution is 2.38. The van der Waals surface area contributed by atoms with Crippen LogP contribution in [0.5, 0.6) is 5.75 Å². The number of fused-ring (bicyclic) bond motifs is 1. The Morgan fingerprint density at radius 2 is 1.71 bits per heavy atom. The molecule has 0 radical (unpaired) electrons. The molecule has 5 rings (SSSR count). The van der Waals surface area contributed by atoms with E-state index in [2.05, 4.69) is 44.4 Å². The molecule has 2 aromatic heterocycles. The minimum absolute atomic E-state index is 0. The van der Waals surface area contributed by atoms with Crippen molar-refractivity contribution in [1.29, 1.82) is 0 Å². The maximum absolute atomic E-state index is 13.4. The van der Waals surface area contributed by atoms with Crippen LogP contribution in [0.25, 0.3) is 16.8 Å². The fraction of sp³-hybridized carbons (Fsp3) is 0.280. The Morgan fingerprint density at radius 3 is 2.40 bits per heavy atom. The van der Waals surface area contributed by atoms with E-state index >= 15 is 0 Å². The van der Waals surface area contributed by atoms with Gasteiger partial charge in [-0.2, -0.15) is 18.2 Å². The summed E-state index contributed by atoms with van der Waals surface area (Å²) in [6, 6.07) is 14.9. The van der Waals surface area contributed by atoms with Crippen LogP contribution in [0.4, 0.5) is 30.5 Å². The molecule has 184 valence electrons. The lowest BCUT2D eigenvalue weighted by Gasteiger charge is -2.34. The van der Waals surface area contributed by atoms with Gasteiger partial charge in [0.05, 0.1) is 12.7 Å². The molecule has 1 saturated heterocycles. The number of nitrogens with one attached hydrogen (secondary N) is 1. The molecule has 7 nitrogen and oxygen atoms in total. The van der Waals surface area contributed by atoms with E-state index in [4.69, 9.17) is 4.74 Å². The minimum Gasteiger partial charge on any atom is -0.496 e. The maximum Gasteiger partial charge on any atom is 0.416 e. The summed E-state index contributed by atoms with van der Waals surface area (Å²) in [6.45, 7) is 4.03. The second-order valence-electron chi connectivity index (χ2n) is 8.50. The monoisotopic (exact) mass is 484 g/mol. The van der Waals surface area contributed by atoms with Crippen molar-refractivity contribution in [2.75, 3.05) is 50.6 Å². The standard InChI is InChI=1S/C25H25F3N6O.H2/c1-32-12-14-33(15-13-32)19-8-6-18(7-9-19)29-24-30-23-20(4-3-11-34(23)31-24)21-16-17(25(26,27)28)5-10-22(21)35-2;/h3-11,16H,12-15H2,1-2H3,(H,29,31);1H. The zero-order chi connectivity index (χ0) is 24.6. The lowest BCUT2D eigenvalue weighted by atomic mass is 10.0. The van der Waals surface area contributed by atoms with Crippen LogP contribution in [0, 0.1) is 0 Å². The molecule has 4 aromatic rings. The number of hydrogen-bond acceptors (Lipinski definition) is 6. The van der Waals surface area contributed by atoms with Gasteiger partial charge in [-0.3, -0.25) is 0 Å². The third kappa shape index (κ3) is 4.74. The number of piperazine rings is 1. The zero-order valence-corrected chi connectivity index (χ0v) is 19.4. The van der Waals surface area contributed by atoms with Gasteiger partial charge in [0, 0.05) is 56.3 Å². The second kappa shape index (κ2) is 9.10. The summed E-state index contributed by atoms with van der Waals surface area (Å²) in [6.07, 6.45) is -2.77. The van der Waals surface area contributed by atoms with Crippen LogP contribution in [-0.4, -0.2) is 59.8 Å². The molecule has 1 fully saturated rings. The highest BCUT2D eigenvalue weighted by atomic mass is 19.4. The molecule has 1 aliphatic rings. The van der Waals surface area contributed by atoms with Crippen LogP contribution < -0.4 is 15.0 Å². The molecule has 0 unspecified atom stereocenters. The van der Waals surface area contributed by atoms with Gasteiger partial charge in [0.25, 0.3) is 0 Å². The molecule has 0 bridgehead atoms. The molecule has 0 saturated carbocycles. The largest absolute Gasteiger partial charge is 0.496 e. The van der Waals surface area contributed by atoms with Gasteiger partial charge >= 0.3 is 6.18 Å². The van der Waals surface area contributed by atoms with E-state index in [9.17, 15) is 13.2 Å². The van der Waals surface area contributed by atoms with E-state index in [-0.39, 0.29) is 1.43 Å². The number of rotatable bonds is 5. The highest BCUT2D eigenvalue weighted by Gasteiger charge is 2.31. The Balaban J connectivity index is 0.00000304. The number of methoxy groups -OCH3 is 1. The molecule has 0 amide bonds. The molecular formula is C25H27F3N6O. The van der Waals surface area contributed by atoms with Gasteiger partial charge in [0.2, 0.25) is 5.95 Å². The van der Waals surface area contributed by atoms with Crippen molar-refractivity contribution in [3.05, 3.63) is 66.4 Å². The third-order valence-corrected chi connectivity index (χ3v) is 6.17. The SMILES string of the molecule is COc1ccc(C(F)(F)F)cc1-c1cccn2nc(Nc3ccc(N4CCN(C)CC4)cc3)nc12.[HH]. The first-order valence-electron chi connectivity index (χ1n) is 11.2. The zero-order valence-electron chi connectivity index (χ0n) is 19.4. The predicted octanol–water partition coefficient (Wildman–Crippen LogP) is 5.17.